The molecule has 0 atom stereocenters. The molecule has 3 N–H and O–H groups in total. The monoisotopic (exact) mass is 204 g/mol. The van der Waals surface area contributed by atoms with Gasteiger partial charge in [0.1, 0.15) is 0 Å². The van der Waals surface area contributed by atoms with Crippen LogP contribution in [0.2, 0.25) is 0 Å². The van der Waals surface area contributed by atoms with Gasteiger partial charge in [-0.3, -0.25) is 0 Å². The van der Waals surface area contributed by atoms with Gasteiger partial charge in [-0.2, -0.15) is 0 Å². The molecule has 0 unspecified atom stereocenters. The molecule has 0 bridgehead atoms. The van der Waals surface area contributed by atoms with E-state index in [-0.39, 0.29) is 2.85 Å². The third kappa shape index (κ3) is 2.88. The molecule has 1 aliphatic rings. The summed E-state index contributed by atoms with van der Waals surface area (Å²) in [5.74, 6) is 0. The lowest BCUT2D eigenvalue weighted by Crippen LogP contribution is -2.12. The molecule has 0 saturated carbocycles. The van der Waals surface area contributed by atoms with E-state index in [4.69, 9.17) is 5.73 Å². The van der Waals surface area contributed by atoms with Crippen LogP contribution in [0.15, 0.2) is 48.2 Å². The SMILES string of the molecule is Nc1cccc(CNC2=CCCC=C2)c1.[HH].[HH]. The number of allylic oxidation sites excluding steroid dienone is 3. The summed E-state index contributed by atoms with van der Waals surface area (Å²) in [5.41, 5.74) is 8.96. The van der Waals surface area contributed by atoms with Gasteiger partial charge < -0.3 is 11.1 Å². The molecule has 0 amide bonds. The van der Waals surface area contributed by atoms with Gasteiger partial charge in [0, 0.05) is 20.8 Å². The smallest absolute Gasteiger partial charge is 0.0401 e. The summed E-state index contributed by atoms with van der Waals surface area (Å²) in [4.78, 5) is 0. The van der Waals surface area contributed by atoms with Crippen LogP contribution in [0.25, 0.3) is 0 Å². The normalized spacial score (nSPS) is 14.8. The van der Waals surface area contributed by atoms with Gasteiger partial charge in [0.05, 0.1) is 0 Å². The maximum absolute atomic E-state index is 5.71. The number of anilines is 1. The fourth-order valence-electron chi connectivity index (χ4n) is 1.65. The lowest BCUT2D eigenvalue weighted by Gasteiger charge is -2.10. The largest absolute Gasteiger partial charge is 0.399 e. The van der Waals surface area contributed by atoms with Crippen molar-refractivity contribution in [1.29, 1.82) is 0 Å². The Morgan fingerprint density at radius 3 is 3.00 bits per heavy atom. The first-order valence-corrected chi connectivity index (χ1v) is 5.29. The molecular formula is C13H20N2. The first-order valence-electron chi connectivity index (χ1n) is 5.29. The van der Waals surface area contributed by atoms with E-state index in [9.17, 15) is 0 Å². The zero-order valence-electron chi connectivity index (χ0n) is 8.74. The Bertz CT molecular complexity index is 400. The van der Waals surface area contributed by atoms with E-state index in [0.717, 1.165) is 25.1 Å². The number of nitrogen functional groups attached to an aromatic ring is 1. The van der Waals surface area contributed by atoms with Gasteiger partial charge in [-0.05, 0) is 36.6 Å². The third-order valence-electron chi connectivity index (χ3n) is 2.44. The van der Waals surface area contributed by atoms with E-state index in [1.807, 2.05) is 18.2 Å². The molecule has 2 rings (SSSR count). The number of benzene rings is 1. The minimum atomic E-state index is 0. The van der Waals surface area contributed by atoms with E-state index in [0.29, 0.717) is 0 Å². The van der Waals surface area contributed by atoms with Crippen molar-refractivity contribution in [3.63, 3.8) is 0 Å². The Labute approximate surface area is 93.5 Å². The van der Waals surface area contributed by atoms with E-state index in [1.165, 1.54) is 11.3 Å². The molecule has 0 saturated heterocycles. The van der Waals surface area contributed by atoms with Crippen LogP contribution in [0.4, 0.5) is 5.69 Å². The minimum absolute atomic E-state index is 0. The van der Waals surface area contributed by atoms with Gasteiger partial charge in [-0.1, -0.05) is 24.3 Å². The molecule has 0 aliphatic heterocycles. The topological polar surface area (TPSA) is 38.0 Å². The summed E-state index contributed by atoms with van der Waals surface area (Å²) in [6.45, 7) is 0.835. The van der Waals surface area contributed by atoms with E-state index in [2.05, 4.69) is 29.6 Å². The number of nitrogens with one attached hydrogen (secondary N) is 1. The molecule has 0 spiro atoms. The molecule has 2 heteroatoms. The molecule has 15 heavy (non-hydrogen) atoms. The minimum Gasteiger partial charge on any atom is -0.399 e. The molecule has 82 valence electrons. The highest BCUT2D eigenvalue weighted by Crippen LogP contribution is 2.10. The summed E-state index contributed by atoms with van der Waals surface area (Å²) in [7, 11) is 0. The fourth-order valence-corrected chi connectivity index (χ4v) is 1.65. The quantitative estimate of drug-likeness (QED) is 0.742. The van der Waals surface area contributed by atoms with Gasteiger partial charge in [-0.15, -0.1) is 0 Å². The molecule has 0 radical (unpaired) electrons. The number of hydrogen-bond acceptors (Lipinski definition) is 2. The standard InChI is InChI=1S/C13H16N2.2H2/c14-12-6-4-5-11(9-12)10-15-13-7-2-1-3-8-13;;/h2,4-9,15H,1,3,10,14H2;2*1H. The number of nitrogens with two attached hydrogens (primary N) is 1. The van der Waals surface area contributed by atoms with E-state index >= 15 is 0 Å². The molecule has 0 aromatic heterocycles. The predicted molar refractivity (Wildman–Crippen MR) is 68.4 cm³/mol. The summed E-state index contributed by atoms with van der Waals surface area (Å²) in [5, 5.41) is 3.38. The number of rotatable bonds is 3. The van der Waals surface area contributed by atoms with Gasteiger partial charge >= 0.3 is 0 Å². The van der Waals surface area contributed by atoms with Gasteiger partial charge in [-0.25, -0.2) is 0 Å². The average molecular weight is 204 g/mol. The second-order valence-electron chi connectivity index (χ2n) is 3.74. The first-order chi connectivity index (χ1) is 7.34. The third-order valence-corrected chi connectivity index (χ3v) is 2.44. The average Bonchev–Trinajstić information content (AvgIpc) is 2.28. The van der Waals surface area contributed by atoms with Gasteiger partial charge in [0.15, 0.2) is 0 Å². The Balaban J connectivity index is 0.00000128. The molecule has 1 aromatic rings. The maximum Gasteiger partial charge on any atom is 0.0401 e. The van der Waals surface area contributed by atoms with Crippen LogP contribution in [0, 0.1) is 0 Å². The lowest BCUT2D eigenvalue weighted by atomic mass is 10.1. The van der Waals surface area contributed by atoms with Crippen LogP contribution < -0.4 is 11.1 Å². The fraction of sp³-hybridized carbons (Fsp3) is 0.231. The second-order valence-corrected chi connectivity index (χ2v) is 3.74. The Kier molecular flexibility index (Phi) is 3.08. The Hall–Kier alpha value is -1.70. The highest BCUT2D eigenvalue weighted by atomic mass is 14.9. The van der Waals surface area contributed by atoms with Crippen molar-refractivity contribution in [3.05, 3.63) is 53.8 Å². The van der Waals surface area contributed by atoms with Crippen molar-refractivity contribution >= 4 is 5.69 Å². The molecule has 2 nitrogen and oxygen atoms in total. The lowest BCUT2D eigenvalue weighted by molar-refractivity contribution is 0.813. The highest BCUT2D eigenvalue weighted by molar-refractivity contribution is 5.40. The van der Waals surface area contributed by atoms with Crippen LogP contribution in [0.5, 0.6) is 0 Å². The summed E-state index contributed by atoms with van der Waals surface area (Å²) < 4.78 is 0. The molecule has 0 heterocycles. The molecular weight excluding hydrogens is 184 g/mol. The van der Waals surface area contributed by atoms with Crippen molar-refractivity contribution < 1.29 is 2.85 Å². The van der Waals surface area contributed by atoms with Crippen LogP contribution >= 0.6 is 0 Å². The first kappa shape index (κ1) is 9.84. The zero-order chi connectivity index (χ0) is 10.5. The highest BCUT2D eigenvalue weighted by Gasteiger charge is 1.97. The predicted octanol–water partition coefficient (Wildman–Crippen LogP) is 3.08. The van der Waals surface area contributed by atoms with Gasteiger partial charge in [0.2, 0.25) is 0 Å². The van der Waals surface area contributed by atoms with E-state index < -0.39 is 0 Å². The van der Waals surface area contributed by atoms with Crippen molar-refractivity contribution in [3.8, 4) is 0 Å². The second kappa shape index (κ2) is 4.69. The van der Waals surface area contributed by atoms with E-state index in [1.54, 1.807) is 0 Å². The van der Waals surface area contributed by atoms with Crippen molar-refractivity contribution in [2.24, 2.45) is 0 Å². The van der Waals surface area contributed by atoms with Crippen molar-refractivity contribution in [2.75, 3.05) is 5.73 Å². The van der Waals surface area contributed by atoms with Crippen LogP contribution in [-0.2, 0) is 6.54 Å². The van der Waals surface area contributed by atoms with Crippen molar-refractivity contribution in [2.45, 2.75) is 19.4 Å². The summed E-state index contributed by atoms with van der Waals surface area (Å²) in [6, 6.07) is 7.97. The summed E-state index contributed by atoms with van der Waals surface area (Å²) >= 11 is 0. The summed E-state index contributed by atoms with van der Waals surface area (Å²) in [6.07, 6.45) is 8.85. The number of hydrogen-bond donors (Lipinski definition) is 2. The molecule has 0 fully saturated rings. The van der Waals surface area contributed by atoms with Crippen LogP contribution in [-0.4, -0.2) is 0 Å². The maximum atomic E-state index is 5.71. The van der Waals surface area contributed by atoms with Gasteiger partial charge in [0.25, 0.3) is 0 Å². The van der Waals surface area contributed by atoms with Crippen LogP contribution in [0.1, 0.15) is 21.3 Å². The van der Waals surface area contributed by atoms with Crippen molar-refractivity contribution in [1.82, 2.24) is 5.32 Å². The molecule has 1 aromatic carbocycles. The zero-order valence-corrected chi connectivity index (χ0v) is 8.74. The van der Waals surface area contributed by atoms with Crippen LogP contribution in [0.3, 0.4) is 0 Å². The molecule has 1 aliphatic carbocycles. The Morgan fingerprint density at radius 1 is 1.33 bits per heavy atom. The Morgan fingerprint density at radius 2 is 2.27 bits per heavy atom.